The lowest BCUT2D eigenvalue weighted by Crippen LogP contribution is -2.33. The molecule has 2 fully saturated rings. The van der Waals surface area contributed by atoms with Crippen LogP contribution in [0, 0.1) is 12.8 Å². The summed E-state index contributed by atoms with van der Waals surface area (Å²) < 4.78 is 5.56. The van der Waals surface area contributed by atoms with Gasteiger partial charge in [-0.3, -0.25) is 14.5 Å². The number of carbonyl (C=O) groups is 2. The highest BCUT2D eigenvalue weighted by Crippen LogP contribution is 2.33. The number of benzene rings is 1. The molecule has 0 N–H and O–H groups in total. The predicted octanol–water partition coefficient (Wildman–Crippen LogP) is 2.05. The lowest BCUT2D eigenvalue weighted by Gasteiger charge is -2.18. The molecule has 0 aliphatic carbocycles. The third-order valence-corrected chi connectivity index (χ3v) is 3.89. The van der Waals surface area contributed by atoms with Crippen molar-refractivity contribution in [3.8, 4) is 0 Å². The Morgan fingerprint density at radius 2 is 1.95 bits per heavy atom. The Hall–Kier alpha value is -1.68. The molecule has 1 aromatic carbocycles. The van der Waals surface area contributed by atoms with Gasteiger partial charge in [0.2, 0.25) is 11.8 Å². The Kier molecular flexibility index (Phi) is 3.11. The number of hydrogen-bond acceptors (Lipinski definition) is 3. The summed E-state index contributed by atoms with van der Waals surface area (Å²) in [6, 6.07) is 7.47. The Morgan fingerprint density at radius 1 is 1.21 bits per heavy atom. The van der Waals surface area contributed by atoms with Crippen LogP contribution in [-0.2, 0) is 14.3 Å². The smallest absolute Gasteiger partial charge is 0.240 e. The molecule has 0 saturated carbocycles. The van der Waals surface area contributed by atoms with Crippen molar-refractivity contribution < 1.29 is 14.3 Å². The Balaban J connectivity index is 1.84. The average Bonchev–Trinajstić information content (AvgIpc) is 3.00. The molecule has 2 aliphatic heterocycles. The average molecular weight is 259 g/mol. The van der Waals surface area contributed by atoms with Crippen molar-refractivity contribution in [3.63, 3.8) is 0 Å². The third kappa shape index (κ3) is 2.16. The molecule has 0 unspecified atom stereocenters. The standard InChI is InChI=1S/C15H17NO3/c1-10-4-6-11(7-5-10)16-14(17)9-12(15(16)18)13-3-2-8-19-13/h4-7,12-13H,2-3,8-9H2,1H3/t12-,13+/m0/s1. The number of nitrogens with zero attached hydrogens (tertiary/aromatic N) is 1. The zero-order chi connectivity index (χ0) is 13.4. The number of carbonyl (C=O) groups excluding carboxylic acids is 2. The molecule has 2 aliphatic rings. The van der Waals surface area contributed by atoms with Gasteiger partial charge in [0.05, 0.1) is 17.7 Å². The van der Waals surface area contributed by atoms with Gasteiger partial charge in [-0.15, -0.1) is 0 Å². The van der Waals surface area contributed by atoms with Crippen molar-refractivity contribution in [2.45, 2.75) is 32.3 Å². The SMILES string of the molecule is Cc1ccc(N2C(=O)C[C@@H]([C@H]3CCCO3)C2=O)cc1. The molecule has 0 radical (unpaired) electrons. The van der Waals surface area contributed by atoms with Crippen molar-refractivity contribution in [3.05, 3.63) is 29.8 Å². The van der Waals surface area contributed by atoms with E-state index in [-0.39, 0.29) is 30.3 Å². The van der Waals surface area contributed by atoms with E-state index in [9.17, 15) is 9.59 Å². The minimum Gasteiger partial charge on any atom is -0.377 e. The Bertz CT molecular complexity index is 503. The lowest BCUT2D eigenvalue weighted by atomic mass is 9.98. The summed E-state index contributed by atoms with van der Waals surface area (Å²) in [5.41, 5.74) is 1.78. The molecule has 2 amide bonds. The van der Waals surface area contributed by atoms with Crippen LogP contribution in [0.4, 0.5) is 5.69 Å². The Labute approximate surface area is 112 Å². The highest BCUT2D eigenvalue weighted by molar-refractivity contribution is 6.21. The molecule has 4 nitrogen and oxygen atoms in total. The fourth-order valence-corrected chi connectivity index (χ4v) is 2.83. The molecule has 19 heavy (non-hydrogen) atoms. The monoisotopic (exact) mass is 259 g/mol. The van der Waals surface area contributed by atoms with Crippen LogP contribution in [0.3, 0.4) is 0 Å². The van der Waals surface area contributed by atoms with Gasteiger partial charge in [0.1, 0.15) is 0 Å². The van der Waals surface area contributed by atoms with E-state index in [1.807, 2.05) is 31.2 Å². The highest BCUT2D eigenvalue weighted by atomic mass is 16.5. The van der Waals surface area contributed by atoms with E-state index in [0.29, 0.717) is 12.3 Å². The summed E-state index contributed by atoms with van der Waals surface area (Å²) >= 11 is 0. The number of anilines is 1. The maximum Gasteiger partial charge on any atom is 0.240 e. The van der Waals surface area contributed by atoms with Gasteiger partial charge in [0.25, 0.3) is 0 Å². The first-order valence-electron chi connectivity index (χ1n) is 6.72. The van der Waals surface area contributed by atoms with E-state index >= 15 is 0 Å². The summed E-state index contributed by atoms with van der Waals surface area (Å²) in [4.78, 5) is 25.8. The van der Waals surface area contributed by atoms with Crippen LogP contribution in [0.25, 0.3) is 0 Å². The first kappa shape index (κ1) is 12.4. The van der Waals surface area contributed by atoms with Crippen LogP contribution in [0.15, 0.2) is 24.3 Å². The maximum atomic E-state index is 12.4. The van der Waals surface area contributed by atoms with Crippen molar-refractivity contribution in [1.82, 2.24) is 0 Å². The lowest BCUT2D eigenvalue weighted by molar-refractivity contribution is -0.124. The number of rotatable bonds is 2. The van der Waals surface area contributed by atoms with E-state index in [1.54, 1.807) is 0 Å². The topological polar surface area (TPSA) is 46.6 Å². The second-order valence-corrected chi connectivity index (χ2v) is 5.27. The summed E-state index contributed by atoms with van der Waals surface area (Å²) in [5, 5.41) is 0. The molecule has 2 heterocycles. The first-order valence-corrected chi connectivity index (χ1v) is 6.72. The molecular weight excluding hydrogens is 242 g/mol. The second kappa shape index (κ2) is 4.78. The molecular formula is C15H17NO3. The summed E-state index contributed by atoms with van der Waals surface area (Å²) in [6.07, 6.45) is 2.06. The van der Waals surface area contributed by atoms with Crippen LogP contribution in [-0.4, -0.2) is 24.5 Å². The number of ether oxygens (including phenoxy) is 1. The maximum absolute atomic E-state index is 12.4. The fraction of sp³-hybridized carbons (Fsp3) is 0.467. The van der Waals surface area contributed by atoms with Gasteiger partial charge in [0, 0.05) is 13.0 Å². The molecule has 2 atom stereocenters. The molecule has 4 heteroatoms. The number of hydrogen-bond donors (Lipinski definition) is 0. The second-order valence-electron chi connectivity index (χ2n) is 5.27. The number of imide groups is 1. The van der Waals surface area contributed by atoms with Crippen molar-refractivity contribution in [2.24, 2.45) is 5.92 Å². The molecule has 100 valence electrons. The normalized spacial score (nSPS) is 27.3. The quantitative estimate of drug-likeness (QED) is 0.764. The van der Waals surface area contributed by atoms with Crippen LogP contribution in [0.1, 0.15) is 24.8 Å². The minimum atomic E-state index is -0.295. The van der Waals surface area contributed by atoms with Crippen LogP contribution in [0.5, 0.6) is 0 Å². The zero-order valence-electron chi connectivity index (χ0n) is 11.0. The fourth-order valence-electron chi connectivity index (χ4n) is 2.83. The van der Waals surface area contributed by atoms with Crippen molar-refractivity contribution >= 4 is 17.5 Å². The largest absolute Gasteiger partial charge is 0.377 e. The summed E-state index contributed by atoms with van der Waals surface area (Å²) in [6.45, 7) is 2.68. The van der Waals surface area contributed by atoms with Crippen LogP contribution >= 0.6 is 0 Å². The van der Waals surface area contributed by atoms with Gasteiger partial charge in [-0.25, -0.2) is 0 Å². The third-order valence-electron chi connectivity index (χ3n) is 3.89. The van der Waals surface area contributed by atoms with Gasteiger partial charge in [0.15, 0.2) is 0 Å². The number of amides is 2. The zero-order valence-corrected chi connectivity index (χ0v) is 11.0. The van der Waals surface area contributed by atoms with Crippen molar-refractivity contribution in [1.29, 1.82) is 0 Å². The molecule has 1 aromatic rings. The highest BCUT2D eigenvalue weighted by Gasteiger charge is 2.44. The molecule has 2 saturated heterocycles. The van der Waals surface area contributed by atoms with Gasteiger partial charge in [-0.05, 0) is 31.9 Å². The van der Waals surface area contributed by atoms with Gasteiger partial charge >= 0.3 is 0 Å². The van der Waals surface area contributed by atoms with E-state index < -0.39 is 0 Å². The van der Waals surface area contributed by atoms with E-state index in [4.69, 9.17) is 4.74 Å². The van der Waals surface area contributed by atoms with Gasteiger partial charge in [-0.1, -0.05) is 17.7 Å². The predicted molar refractivity (Wildman–Crippen MR) is 70.8 cm³/mol. The molecule has 0 spiro atoms. The molecule has 3 rings (SSSR count). The van der Waals surface area contributed by atoms with Crippen LogP contribution in [0.2, 0.25) is 0 Å². The first-order chi connectivity index (χ1) is 9.16. The van der Waals surface area contributed by atoms with E-state index in [1.165, 1.54) is 4.90 Å². The van der Waals surface area contributed by atoms with E-state index in [0.717, 1.165) is 18.4 Å². The molecule has 0 aromatic heterocycles. The van der Waals surface area contributed by atoms with Gasteiger partial charge < -0.3 is 4.74 Å². The summed E-state index contributed by atoms with van der Waals surface area (Å²) in [7, 11) is 0. The summed E-state index contributed by atoms with van der Waals surface area (Å²) in [5.74, 6) is -0.522. The molecule has 0 bridgehead atoms. The van der Waals surface area contributed by atoms with Gasteiger partial charge in [-0.2, -0.15) is 0 Å². The minimum absolute atomic E-state index is 0.0769. The van der Waals surface area contributed by atoms with E-state index in [2.05, 4.69) is 0 Å². The number of aryl methyl sites for hydroxylation is 1. The Morgan fingerprint density at radius 3 is 2.58 bits per heavy atom. The van der Waals surface area contributed by atoms with Crippen molar-refractivity contribution in [2.75, 3.05) is 11.5 Å². The van der Waals surface area contributed by atoms with Crippen LogP contribution < -0.4 is 4.90 Å².